The first-order valence-electron chi connectivity index (χ1n) is 6.21. The summed E-state index contributed by atoms with van der Waals surface area (Å²) in [6, 6.07) is 0. The summed E-state index contributed by atoms with van der Waals surface area (Å²) < 4.78 is 71.6. The monoisotopic (exact) mass is 597 g/mol. The zero-order valence-corrected chi connectivity index (χ0v) is 19.2. The third-order valence-corrected chi connectivity index (χ3v) is 2.70. The van der Waals surface area contributed by atoms with E-state index >= 15 is 0 Å². The van der Waals surface area contributed by atoms with Crippen molar-refractivity contribution in [3.05, 3.63) is 29.1 Å². The van der Waals surface area contributed by atoms with Gasteiger partial charge in [0, 0.05) is 6.42 Å². The zero-order chi connectivity index (χ0) is 19.9. The van der Waals surface area contributed by atoms with Crippen molar-refractivity contribution in [2.45, 2.75) is 12.8 Å². The van der Waals surface area contributed by atoms with E-state index in [9.17, 15) is 22.0 Å². The van der Waals surface area contributed by atoms with Gasteiger partial charge in [-0.3, -0.25) is 0 Å². The summed E-state index contributed by atoms with van der Waals surface area (Å²) in [4.78, 5) is 0. The van der Waals surface area contributed by atoms with Gasteiger partial charge in [-0.1, -0.05) is 0 Å². The summed E-state index contributed by atoms with van der Waals surface area (Å²) >= 11 is 0. The van der Waals surface area contributed by atoms with Crippen LogP contribution in [-0.4, -0.2) is 33.2 Å². The van der Waals surface area contributed by atoms with Crippen LogP contribution in [0.2, 0.25) is 0 Å². The minimum atomic E-state index is -5.42. The number of halogens is 11. The van der Waals surface area contributed by atoms with Gasteiger partial charge in [0.15, 0.2) is 0 Å². The van der Waals surface area contributed by atoms with Crippen LogP contribution in [0.5, 0.6) is 5.75 Å². The van der Waals surface area contributed by atoms with E-state index in [0.29, 0.717) is 19.4 Å². The second-order valence-electron chi connectivity index (χ2n) is 4.88. The van der Waals surface area contributed by atoms with Crippen LogP contribution < -0.4 is 4.74 Å². The molecule has 0 N–H and O–H groups in total. The molecule has 0 fully saturated rings. The standard InChI is InChI=1S/C11H9F5NO.6ClH.Sb/c1-17-4-2-3-5(17)18-11-9(15)7(13)6(12)8(14)10(11)16;;;;;;;/h2-4H2,1H3;6*1H;/q+1;;;;;;;+5/p-6. The molecule has 0 saturated carbocycles. The third kappa shape index (κ3) is 8.63. The fourth-order valence-electron chi connectivity index (χ4n) is 1.70. The van der Waals surface area contributed by atoms with E-state index in [4.69, 9.17) is 57.7 Å². The van der Waals surface area contributed by atoms with Gasteiger partial charge in [-0.05, 0) is 0 Å². The van der Waals surface area contributed by atoms with Crippen LogP contribution in [0.25, 0.3) is 0 Å². The molecule has 0 spiro atoms. The van der Waals surface area contributed by atoms with Gasteiger partial charge in [-0.25, -0.2) is 17.7 Å². The van der Waals surface area contributed by atoms with Crippen molar-refractivity contribution in [3.63, 3.8) is 0 Å². The molecule has 0 bridgehead atoms. The van der Waals surface area contributed by atoms with Gasteiger partial charge >= 0.3 is 68.0 Å². The SMILES string of the molecule is C[N+]1=C(Oc2c(F)c(F)c(F)c(F)c2F)CCC1.[Cl][Sb-]([Cl])([Cl])([Cl])([Cl])[Cl]. The predicted molar refractivity (Wildman–Crippen MR) is 93.0 cm³/mol. The van der Waals surface area contributed by atoms with Crippen molar-refractivity contribution in [1.29, 1.82) is 0 Å². The molecule has 1 aromatic carbocycles. The number of rotatable bonds is 1. The van der Waals surface area contributed by atoms with Crippen molar-refractivity contribution < 1.29 is 31.3 Å². The van der Waals surface area contributed by atoms with Crippen LogP contribution >= 0.6 is 53.0 Å². The first-order chi connectivity index (χ1) is 10.9. The second-order valence-corrected chi connectivity index (χ2v) is 61.8. The van der Waals surface area contributed by atoms with E-state index in [1.54, 1.807) is 11.6 Å². The molecule has 0 aromatic heterocycles. The van der Waals surface area contributed by atoms with E-state index in [-0.39, 0.29) is 5.90 Å². The number of ether oxygens (including phenoxy) is 1. The van der Waals surface area contributed by atoms with Crippen LogP contribution in [0, 0.1) is 29.1 Å². The summed E-state index contributed by atoms with van der Waals surface area (Å²) in [5.41, 5.74) is 0. The van der Waals surface area contributed by atoms with E-state index in [1.165, 1.54) is 0 Å². The number of benzene rings is 1. The van der Waals surface area contributed by atoms with Gasteiger partial charge in [0.25, 0.3) is 0 Å². The van der Waals surface area contributed by atoms with Gasteiger partial charge in [-0.2, -0.15) is 8.78 Å². The molecule has 1 aromatic rings. The molecule has 2 nitrogen and oxygen atoms in total. The first kappa shape index (κ1) is 23.9. The molecule has 1 heterocycles. The predicted octanol–water partition coefficient (Wildman–Crippen LogP) is 6.35. The van der Waals surface area contributed by atoms with Gasteiger partial charge in [0.05, 0.1) is 6.42 Å². The van der Waals surface area contributed by atoms with Gasteiger partial charge in [-0.15, -0.1) is 0 Å². The maximum atomic E-state index is 13.3. The third-order valence-electron chi connectivity index (χ3n) is 2.70. The van der Waals surface area contributed by atoms with Gasteiger partial charge < -0.3 is 4.74 Å². The molecular formula is C11H9Cl6F5NOSb. The fraction of sp³-hybridized carbons (Fsp3) is 0.364. The molecular weight excluding hydrogens is 592 g/mol. The number of nitrogens with zero attached hydrogens (tertiary/aromatic N) is 1. The van der Waals surface area contributed by atoms with Gasteiger partial charge in [0.1, 0.15) is 13.6 Å². The Morgan fingerprint density at radius 1 is 0.800 bits per heavy atom. The topological polar surface area (TPSA) is 12.2 Å². The van der Waals surface area contributed by atoms with Crippen LogP contribution in [-0.2, 0) is 0 Å². The normalized spacial score (nSPS) is 17.6. The van der Waals surface area contributed by atoms with Crippen molar-refractivity contribution in [2.24, 2.45) is 0 Å². The summed E-state index contributed by atoms with van der Waals surface area (Å²) in [5.74, 6) is -11.2. The molecule has 25 heavy (non-hydrogen) atoms. The molecule has 0 saturated heterocycles. The fourth-order valence-corrected chi connectivity index (χ4v) is 1.70. The maximum absolute atomic E-state index is 13.3. The summed E-state index contributed by atoms with van der Waals surface area (Å²) in [5, 5.41) is 0. The zero-order valence-electron chi connectivity index (χ0n) is 12.1. The molecule has 0 amide bonds. The summed E-state index contributed by atoms with van der Waals surface area (Å²) in [7, 11) is 26.6. The first-order valence-corrected chi connectivity index (χ1v) is 25.6. The number of hydrogen-bond acceptors (Lipinski definition) is 1. The Balaban J connectivity index is 0.000000381. The van der Waals surface area contributed by atoms with Crippen molar-refractivity contribution >= 4 is 68.0 Å². The molecule has 1 aliphatic rings. The van der Waals surface area contributed by atoms with Crippen molar-refractivity contribution in [2.75, 3.05) is 13.6 Å². The molecule has 0 unspecified atom stereocenters. The van der Waals surface area contributed by atoms with Crippen LogP contribution in [0.4, 0.5) is 22.0 Å². The molecule has 0 aliphatic carbocycles. The second kappa shape index (κ2) is 7.38. The Morgan fingerprint density at radius 3 is 1.48 bits per heavy atom. The van der Waals surface area contributed by atoms with E-state index in [2.05, 4.69) is 0 Å². The van der Waals surface area contributed by atoms with Crippen molar-refractivity contribution in [3.8, 4) is 5.75 Å². The van der Waals surface area contributed by atoms with Gasteiger partial charge in [0.2, 0.25) is 34.8 Å². The Labute approximate surface area is 159 Å². The average molecular weight is 601 g/mol. The Bertz CT molecular complexity index is 696. The van der Waals surface area contributed by atoms with Crippen molar-refractivity contribution in [1.82, 2.24) is 0 Å². The van der Waals surface area contributed by atoms with Crippen LogP contribution in [0.15, 0.2) is 0 Å². The molecule has 1 aliphatic heterocycles. The minimum absolute atomic E-state index is 0.179. The molecule has 0 atom stereocenters. The molecule has 14 heteroatoms. The number of hydrogen-bond donors (Lipinski definition) is 0. The van der Waals surface area contributed by atoms with E-state index < -0.39 is 44.0 Å². The molecule has 146 valence electrons. The molecule has 0 radical (unpaired) electrons. The van der Waals surface area contributed by atoms with E-state index in [1.807, 2.05) is 0 Å². The Kier molecular flexibility index (Phi) is 7.07. The summed E-state index contributed by atoms with van der Waals surface area (Å²) in [6.07, 6.45) is 1.08. The van der Waals surface area contributed by atoms with Crippen LogP contribution in [0.1, 0.15) is 12.8 Å². The van der Waals surface area contributed by atoms with E-state index in [0.717, 1.165) is 0 Å². The quantitative estimate of drug-likeness (QED) is 0.120. The molecule has 2 rings (SSSR count). The average Bonchev–Trinajstić information content (AvgIpc) is 2.81. The summed E-state index contributed by atoms with van der Waals surface area (Å²) in [6.45, 7) is 0.602. The Hall–Kier alpha value is 0.898. The Morgan fingerprint density at radius 2 is 1.16 bits per heavy atom. The van der Waals surface area contributed by atoms with Crippen LogP contribution in [0.3, 0.4) is 0 Å².